The molecular formula is C19H17ClN4O3S3. The van der Waals surface area contributed by atoms with E-state index in [4.69, 9.17) is 29.0 Å². The third kappa shape index (κ3) is 5.35. The first kappa shape index (κ1) is 22.2. The summed E-state index contributed by atoms with van der Waals surface area (Å²) in [5, 5.41) is 25.3. The van der Waals surface area contributed by atoms with Gasteiger partial charge in [0.15, 0.2) is 5.11 Å². The fraction of sp³-hybridized carbons (Fsp3) is 0.0526. The van der Waals surface area contributed by atoms with Gasteiger partial charge in [-0.2, -0.15) is 5.10 Å². The molecule has 0 spiro atoms. The maximum atomic E-state index is 11.3. The molecule has 0 fully saturated rings. The van der Waals surface area contributed by atoms with Crippen molar-refractivity contribution in [3.05, 3.63) is 64.5 Å². The number of sulfonamides is 1. The average molecular weight is 481 g/mol. The number of rotatable bonds is 5. The highest BCUT2D eigenvalue weighted by molar-refractivity contribution is 7.89. The Bertz CT molecular complexity index is 1220. The van der Waals surface area contributed by atoms with Gasteiger partial charge in [-0.1, -0.05) is 23.7 Å². The van der Waals surface area contributed by atoms with E-state index in [0.717, 1.165) is 5.56 Å². The van der Waals surface area contributed by atoms with E-state index in [1.165, 1.54) is 35.6 Å². The van der Waals surface area contributed by atoms with Crippen LogP contribution < -0.4 is 15.9 Å². The normalized spacial score (nSPS) is 11.9. The Balaban J connectivity index is 1.68. The van der Waals surface area contributed by atoms with Crippen LogP contribution in [-0.2, 0) is 10.0 Å². The van der Waals surface area contributed by atoms with Crippen molar-refractivity contribution in [2.75, 3.05) is 5.32 Å². The Morgan fingerprint density at radius 2 is 1.93 bits per heavy atom. The van der Waals surface area contributed by atoms with Crippen molar-refractivity contribution in [1.82, 2.24) is 5.43 Å². The second-order valence-corrected chi connectivity index (χ2v) is 9.46. The molecule has 0 unspecified atom stereocenters. The molecule has 0 amide bonds. The number of hydrogen-bond donors (Lipinski definition) is 4. The summed E-state index contributed by atoms with van der Waals surface area (Å²) < 4.78 is 22.6. The van der Waals surface area contributed by atoms with Crippen molar-refractivity contribution in [2.24, 2.45) is 10.2 Å². The Labute approximate surface area is 188 Å². The summed E-state index contributed by atoms with van der Waals surface area (Å²) in [7, 11) is -3.75. The number of aromatic hydroxyl groups is 1. The molecule has 11 heteroatoms. The molecule has 0 saturated heterocycles. The highest BCUT2D eigenvalue weighted by Gasteiger charge is 2.15. The molecule has 0 radical (unpaired) electrons. The van der Waals surface area contributed by atoms with Gasteiger partial charge in [-0.25, -0.2) is 13.6 Å². The van der Waals surface area contributed by atoms with Gasteiger partial charge in [-0.3, -0.25) is 5.43 Å². The lowest BCUT2D eigenvalue weighted by Gasteiger charge is -2.08. The van der Waals surface area contributed by atoms with Crippen molar-refractivity contribution in [3.63, 3.8) is 0 Å². The number of nitrogens with two attached hydrogens (primary N) is 1. The molecule has 1 heterocycles. The van der Waals surface area contributed by atoms with Crippen LogP contribution in [-0.4, -0.2) is 24.3 Å². The fourth-order valence-electron chi connectivity index (χ4n) is 2.52. The quantitative estimate of drug-likeness (QED) is 0.248. The standard InChI is InChI=1S/C19H17ClN4O3S3/c1-11(16-10-29-18(17(16)25)12-3-2-4-13(20)9-12)23-24-19(28)22-14-5-7-15(8-6-14)30(21,26)27/h2-10,25H,1H3,(H2,21,26,27)(H2,22,24,28)/b23-11+. The zero-order valence-electron chi connectivity index (χ0n) is 15.6. The second-order valence-electron chi connectivity index (χ2n) is 6.17. The molecular weight excluding hydrogens is 464 g/mol. The first-order valence-corrected chi connectivity index (χ1v) is 11.7. The van der Waals surface area contributed by atoms with Gasteiger partial charge in [-0.15, -0.1) is 11.3 Å². The van der Waals surface area contributed by atoms with E-state index in [0.29, 0.717) is 26.9 Å². The van der Waals surface area contributed by atoms with Crippen molar-refractivity contribution < 1.29 is 13.5 Å². The summed E-state index contributed by atoms with van der Waals surface area (Å²) in [6.45, 7) is 1.74. The molecule has 30 heavy (non-hydrogen) atoms. The van der Waals surface area contributed by atoms with Crippen molar-refractivity contribution >= 4 is 61.7 Å². The Morgan fingerprint density at radius 1 is 1.23 bits per heavy atom. The highest BCUT2D eigenvalue weighted by atomic mass is 35.5. The topological polar surface area (TPSA) is 117 Å². The van der Waals surface area contributed by atoms with E-state index >= 15 is 0 Å². The molecule has 0 aliphatic rings. The number of primary sulfonamides is 1. The largest absolute Gasteiger partial charge is 0.506 e. The summed E-state index contributed by atoms with van der Waals surface area (Å²) >= 11 is 12.6. The first-order chi connectivity index (χ1) is 14.1. The molecule has 156 valence electrons. The maximum absolute atomic E-state index is 11.3. The van der Waals surface area contributed by atoms with Crippen LogP contribution in [0.15, 0.2) is 63.9 Å². The zero-order chi connectivity index (χ0) is 21.9. The molecule has 1 aromatic heterocycles. The molecule has 7 nitrogen and oxygen atoms in total. The number of benzene rings is 2. The number of anilines is 1. The third-order valence-electron chi connectivity index (χ3n) is 4.01. The minimum Gasteiger partial charge on any atom is -0.506 e. The summed E-state index contributed by atoms with van der Waals surface area (Å²) in [4.78, 5) is 0.696. The number of hydrogen-bond acceptors (Lipinski definition) is 6. The van der Waals surface area contributed by atoms with Crippen LogP contribution in [0.5, 0.6) is 5.75 Å². The van der Waals surface area contributed by atoms with Gasteiger partial charge in [-0.05, 0) is 61.1 Å². The summed E-state index contributed by atoms with van der Waals surface area (Å²) in [5.74, 6) is 0.114. The van der Waals surface area contributed by atoms with E-state index in [1.54, 1.807) is 24.4 Å². The second kappa shape index (κ2) is 9.11. The average Bonchev–Trinajstić information content (AvgIpc) is 3.07. The molecule has 0 aliphatic carbocycles. The predicted molar refractivity (Wildman–Crippen MR) is 126 cm³/mol. The summed E-state index contributed by atoms with van der Waals surface area (Å²) in [5.41, 5.74) is 5.18. The van der Waals surface area contributed by atoms with Crippen LogP contribution in [0.2, 0.25) is 5.02 Å². The lowest BCUT2D eigenvalue weighted by atomic mass is 10.1. The highest BCUT2D eigenvalue weighted by Crippen LogP contribution is 2.39. The zero-order valence-corrected chi connectivity index (χ0v) is 18.8. The number of nitrogens with zero attached hydrogens (tertiary/aromatic N) is 1. The molecule has 0 aliphatic heterocycles. The third-order valence-corrected chi connectivity index (χ3v) is 6.38. The maximum Gasteiger partial charge on any atom is 0.238 e. The summed E-state index contributed by atoms with van der Waals surface area (Å²) in [6.07, 6.45) is 0. The Hall–Kier alpha value is -2.50. The first-order valence-electron chi connectivity index (χ1n) is 8.46. The number of hydrazone groups is 1. The van der Waals surface area contributed by atoms with Crippen molar-refractivity contribution in [3.8, 4) is 16.2 Å². The molecule has 0 atom stereocenters. The minimum atomic E-state index is -3.75. The molecule has 3 aromatic rings. The van der Waals surface area contributed by atoms with E-state index in [9.17, 15) is 13.5 Å². The van der Waals surface area contributed by atoms with Gasteiger partial charge in [0.05, 0.1) is 21.0 Å². The minimum absolute atomic E-state index is 0.00392. The Morgan fingerprint density at radius 3 is 2.57 bits per heavy atom. The lowest BCUT2D eigenvalue weighted by molar-refractivity contribution is 0.478. The molecule has 0 saturated carbocycles. The monoisotopic (exact) mass is 480 g/mol. The van der Waals surface area contributed by atoms with Gasteiger partial charge < -0.3 is 10.4 Å². The Kier molecular flexibility index (Phi) is 6.74. The molecule has 2 aromatic carbocycles. The SMILES string of the molecule is C/C(=N\NC(=S)Nc1ccc(S(N)(=O)=O)cc1)c1csc(-c2cccc(Cl)c2)c1O. The van der Waals surface area contributed by atoms with Crippen LogP contribution in [0.1, 0.15) is 12.5 Å². The lowest BCUT2D eigenvalue weighted by Crippen LogP contribution is -2.25. The predicted octanol–water partition coefficient (Wildman–Crippen LogP) is 4.13. The number of thiocarbonyl (C=S) groups is 1. The van der Waals surface area contributed by atoms with E-state index < -0.39 is 10.0 Å². The molecule has 3 rings (SSSR count). The molecule has 5 N–H and O–H groups in total. The number of halogens is 1. The number of nitrogens with one attached hydrogen (secondary N) is 2. The smallest absolute Gasteiger partial charge is 0.238 e. The van der Waals surface area contributed by atoms with Crippen LogP contribution in [0.3, 0.4) is 0 Å². The van der Waals surface area contributed by atoms with E-state index in [1.807, 2.05) is 12.1 Å². The van der Waals surface area contributed by atoms with Gasteiger partial charge in [0.2, 0.25) is 10.0 Å². The van der Waals surface area contributed by atoms with Crippen molar-refractivity contribution in [2.45, 2.75) is 11.8 Å². The van der Waals surface area contributed by atoms with Crippen LogP contribution in [0.4, 0.5) is 5.69 Å². The van der Waals surface area contributed by atoms with Gasteiger partial charge in [0.25, 0.3) is 0 Å². The van der Waals surface area contributed by atoms with Crippen LogP contribution in [0.25, 0.3) is 10.4 Å². The van der Waals surface area contributed by atoms with Gasteiger partial charge >= 0.3 is 0 Å². The van der Waals surface area contributed by atoms with E-state index in [2.05, 4.69) is 15.8 Å². The molecule has 0 bridgehead atoms. The van der Waals surface area contributed by atoms with E-state index in [-0.39, 0.29) is 15.8 Å². The van der Waals surface area contributed by atoms with Crippen LogP contribution in [0, 0.1) is 0 Å². The summed E-state index contributed by atoms with van der Waals surface area (Å²) in [6, 6.07) is 13.0. The fourth-order valence-corrected chi connectivity index (χ4v) is 4.40. The van der Waals surface area contributed by atoms with Crippen LogP contribution >= 0.6 is 35.2 Å². The van der Waals surface area contributed by atoms with Gasteiger partial charge in [0.1, 0.15) is 5.75 Å². The van der Waals surface area contributed by atoms with Crippen molar-refractivity contribution in [1.29, 1.82) is 0 Å². The van der Waals surface area contributed by atoms with Gasteiger partial charge in [0, 0.05) is 16.1 Å². The number of thiophene rings is 1.